The SMILES string of the molecule is CC1(C)CN(CC2=NCCN2CC(F)(F)F)[C@H](C(=O)Nc2cc(Cl)cc3c2[nH]c2cnccc23)CO1. The number of aromatic nitrogens is 2. The number of carbonyl (C=O) groups is 1. The predicted molar refractivity (Wildman–Crippen MR) is 133 cm³/mol. The summed E-state index contributed by atoms with van der Waals surface area (Å²) in [4.78, 5) is 28.3. The van der Waals surface area contributed by atoms with Gasteiger partial charge in [-0.25, -0.2) is 0 Å². The Kier molecular flexibility index (Phi) is 6.34. The normalized spacial score (nSPS) is 20.8. The van der Waals surface area contributed by atoms with Crippen molar-refractivity contribution < 1.29 is 22.7 Å². The molecule has 2 N–H and O–H groups in total. The Labute approximate surface area is 210 Å². The highest BCUT2D eigenvalue weighted by atomic mass is 35.5. The van der Waals surface area contributed by atoms with Crippen molar-refractivity contribution in [1.29, 1.82) is 0 Å². The van der Waals surface area contributed by atoms with Crippen LogP contribution in [0.2, 0.25) is 5.02 Å². The van der Waals surface area contributed by atoms with Gasteiger partial charge in [-0.2, -0.15) is 13.2 Å². The van der Waals surface area contributed by atoms with Gasteiger partial charge in [0.2, 0.25) is 5.91 Å². The lowest BCUT2D eigenvalue weighted by molar-refractivity contribution is -0.143. The Morgan fingerprint density at radius 1 is 1.33 bits per heavy atom. The van der Waals surface area contributed by atoms with Gasteiger partial charge in [0, 0.05) is 35.1 Å². The summed E-state index contributed by atoms with van der Waals surface area (Å²) in [5.41, 5.74) is 1.44. The number of benzene rings is 1. The van der Waals surface area contributed by atoms with Crippen molar-refractivity contribution in [2.24, 2.45) is 4.99 Å². The lowest BCUT2D eigenvalue weighted by Gasteiger charge is -2.43. The number of hydrogen-bond donors (Lipinski definition) is 2. The van der Waals surface area contributed by atoms with Gasteiger partial charge in [0.15, 0.2) is 0 Å². The smallest absolute Gasteiger partial charge is 0.372 e. The van der Waals surface area contributed by atoms with Crippen molar-refractivity contribution in [2.75, 3.05) is 44.6 Å². The Hall–Kier alpha value is -2.89. The van der Waals surface area contributed by atoms with E-state index in [0.717, 1.165) is 16.3 Å². The van der Waals surface area contributed by atoms with Crippen LogP contribution in [0.15, 0.2) is 35.6 Å². The summed E-state index contributed by atoms with van der Waals surface area (Å²) in [7, 11) is 0. The van der Waals surface area contributed by atoms with Crippen LogP contribution in [-0.4, -0.2) is 88.7 Å². The molecule has 0 unspecified atom stereocenters. The number of amides is 1. The topological polar surface area (TPSA) is 85.9 Å². The Morgan fingerprint density at radius 3 is 2.92 bits per heavy atom. The lowest BCUT2D eigenvalue weighted by atomic mass is 10.0. The number of anilines is 1. The first-order valence-electron chi connectivity index (χ1n) is 11.6. The summed E-state index contributed by atoms with van der Waals surface area (Å²) in [6.07, 6.45) is -0.955. The lowest BCUT2D eigenvalue weighted by Crippen LogP contribution is -2.60. The van der Waals surface area contributed by atoms with Crippen LogP contribution < -0.4 is 5.32 Å². The van der Waals surface area contributed by atoms with E-state index in [1.54, 1.807) is 18.5 Å². The average Bonchev–Trinajstić information content (AvgIpc) is 3.36. The van der Waals surface area contributed by atoms with Gasteiger partial charge in [0.25, 0.3) is 0 Å². The molecule has 1 atom stereocenters. The molecule has 4 heterocycles. The molecule has 1 aromatic carbocycles. The van der Waals surface area contributed by atoms with Crippen molar-refractivity contribution in [3.8, 4) is 0 Å². The molecule has 8 nitrogen and oxygen atoms in total. The molecule has 1 amide bonds. The molecule has 0 saturated carbocycles. The van der Waals surface area contributed by atoms with Crippen molar-refractivity contribution in [1.82, 2.24) is 19.8 Å². The van der Waals surface area contributed by atoms with Crippen LogP contribution in [0.1, 0.15) is 13.8 Å². The first-order valence-corrected chi connectivity index (χ1v) is 12.0. The van der Waals surface area contributed by atoms with E-state index in [9.17, 15) is 18.0 Å². The van der Waals surface area contributed by atoms with Crippen LogP contribution in [0.4, 0.5) is 18.9 Å². The number of H-pyrrole nitrogens is 1. The Bertz CT molecular complexity index is 1340. The average molecular weight is 523 g/mol. The zero-order valence-corrected chi connectivity index (χ0v) is 20.6. The number of aliphatic imine (C=N–C) groups is 1. The number of aromatic amines is 1. The highest BCUT2D eigenvalue weighted by molar-refractivity contribution is 6.33. The maximum absolute atomic E-state index is 13.5. The fraction of sp³-hybridized carbons (Fsp3) is 0.458. The minimum Gasteiger partial charge on any atom is -0.372 e. The number of pyridine rings is 1. The first kappa shape index (κ1) is 24.8. The van der Waals surface area contributed by atoms with Crippen LogP contribution in [0.5, 0.6) is 0 Å². The number of rotatable bonds is 5. The van der Waals surface area contributed by atoms with E-state index in [4.69, 9.17) is 16.3 Å². The molecule has 3 aromatic rings. The van der Waals surface area contributed by atoms with E-state index < -0.39 is 24.4 Å². The van der Waals surface area contributed by atoms with Crippen molar-refractivity contribution >= 4 is 50.8 Å². The van der Waals surface area contributed by atoms with Gasteiger partial charge >= 0.3 is 6.18 Å². The zero-order chi connectivity index (χ0) is 25.7. The summed E-state index contributed by atoms with van der Waals surface area (Å²) in [5, 5.41) is 5.18. The molecule has 2 aliphatic heterocycles. The standard InChI is InChI=1S/C24H26ClF3N6O2/c1-23(2)12-34(10-20-30-5-6-33(20)13-24(26,27)28)19(11-36-23)22(35)32-17-8-14(25)7-16-15-3-4-29-9-18(15)31-21(16)17/h3-4,7-9,19,31H,5-6,10-13H2,1-2H3,(H,32,35)/t19-/m0/s1. The predicted octanol–water partition coefficient (Wildman–Crippen LogP) is 4.06. The molecule has 0 spiro atoms. The van der Waals surface area contributed by atoms with E-state index in [0.29, 0.717) is 35.2 Å². The van der Waals surface area contributed by atoms with E-state index in [1.165, 1.54) is 4.90 Å². The second-order valence-corrected chi connectivity index (χ2v) is 10.2. The highest BCUT2D eigenvalue weighted by Crippen LogP contribution is 2.33. The summed E-state index contributed by atoms with van der Waals surface area (Å²) < 4.78 is 45.1. The number of fused-ring (bicyclic) bond motifs is 3. The molecular formula is C24H26ClF3N6O2. The quantitative estimate of drug-likeness (QED) is 0.528. The second-order valence-electron chi connectivity index (χ2n) is 9.74. The third kappa shape index (κ3) is 5.14. The van der Waals surface area contributed by atoms with Gasteiger partial charge in [-0.1, -0.05) is 11.6 Å². The van der Waals surface area contributed by atoms with E-state index in [1.807, 2.05) is 30.9 Å². The Balaban J connectivity index is 1.40. The van der Waals surface area contributed by atoms with Crippen LogP contribution in [0, 0.1) is 0 Å². The number of ether oxygens (including phenoxy) is 1. The van der Waals surface area contributed by atoms with Gasteiger partial charge in [-0.05, 0) is 32.0 Å². The number of alkyl halides is 3. The molecule has 5 rings (SSSR count). The molecule has 36 heavy (non-hydrogen) atoms. The van der Waals surface area contributed by atoms with E-state index >= 15 is 0 Å². The second kappa shape index (κ2) is 9.20. The summed E-state index contributed by atoms with van der Waals surface area (Å²) in [6.45, 7) is 3.77. The zero-order valence-electron chi connectivity index (χ0n) is 19.8. The molecule has 192 valence electrons. The molecular weight excluding hydrogens is 497 g/mol. The maximum atomic E-state index is 13.5. The molecule has 1 fully saturated rings. The number of halogens is 4. The Morgan fingerprint density at radius 2 is 2.14 bits per heavy atom. The number of hydrogen-bond acceptors (Lipinski definition) is 6. The fourth-order valence-electron chi connectivity index (χ4n) is 4.84. The number of morpholine rings is 1. The van der Waals surface area contributed by atoms with Crippen LogP contribution in [0.25, 0.3) is 21.8 Å². The number of carbonyl (C=O) groups excluding carboxylic acids is 1. The third-order valence-corrected chi connectivity index (χ3v) is 6.65. The van der Waals surface area contributed by atoms with Crippen LogP contribution >= 0.6 is 11.6 Å². The monoisotopic (exact) mass is 522 g/mol. The summed E-state index contributed by atoms with van der Waals surface area (Å²) in [6, 6.07) is 4.62. The molecule has 0 bridgehead atoms. The number of nitrogens with zero attached hydrogens (tertiary/aromatic N) is 4. The van der Waals surface area contributed by atoms with Gasteiger partial charge in [-0.15, -0.1) is 0 Å². The summed E-state index contributed by atoms with van der Waals surface area (Å²) >= 11 is 6.37. The number of amidine groups is 1. The third-order valence-electron chi connectivity index (χ3n) is 6.44. The molecule has 0 aliphatic carbocycles. The highest BCUT2D eigenvalue weighted by Gasteiger charge is 2.40. The fourth-order valence-corrected chi connectivity index (χ4v) is 5.06. The van der Waals surface area contributed by atoms with E-state index in [-0.39, 0.29) is 25.6 Å². The van der Waals surface area contributed by atoms with Gasteiger partial charge in [0.1, 0.15) is 18.4 Å². The first-order chi connectivity index (χ1) is 17.0. The molecule has 2 aliphatic rings. The van der Waals surface area contributed by atoms with Crippen LogP contribution in [0.3, 0.4) is 0 Å². The minimum atomic E-state index is -4.33. The summed E-state index contributed by atoms with van der Waals surface area (Å²) in [5.74, 6) is -0.0112. The molecule has 1 saturated heterocycles. The largest absolute Gasteiger partial charge is 0.405 e. The van der Waals surface area contributed by atoms with Crippen molar-refractivity contribution in [3.05, 3.63) is 35.6 Å². The van der Waals surface area contributed by atoms with E-state index in [2.05, 4.69) is 20.3 Å². The van der Waals surface area contributed by atoms with Gasteiger partial charge in [-0.3, -0.25) is 19.7 Å². The molecule has 2 aromatic heterocycles. The van der Waals surface area contributed by atoms with Crippen molar-refractivity contribution in [2.45, 2.75) is 31.7 Å². The van der Waals surface area contributed by atoms with Crippen LogP contribution in [-0.2, 0) is 9.53 Å². The molecule has 12 heteroatoms. The van der Waals surface area contributed by atoms with Gasteiger partial charge < -0.3 is 19.9 Å². The molecule has 0 radical (unpaired) electrons. The number of nitrogens with one attached hydrogen (secondary N) is 2. The minimum absolute atomic E-state index is 0.0890. The maximum Gasteiger partial charge on any atom is 0.405 e. The van der Waals surface area contributed by atoms with Crippen molar-refractivity contribution in [3.63, 3.8) is 0 Å². The van der Waals surface area contributed by atoms with Gasteiger partial charge in [0.05, 0.1) is 48.2 Å².